The van der Waals surface area contributed by atoms with Gasteiger partial charge >= 0.3 is 0 Å². The van der Waals surface area contributed by atoms with Gasteiger partial charge in [-0.25, -0.2) is 0 Å². The summed E-state index contributed by atoms with van der Waals surface area (Å²) in [6.07, 6.45) is 0. The third-order valence-electron chi connectivity index (χ3n) is 2.60. The van der Waals surface area contributed by atoms with Crippen molar-refractivity contribution in [3.05, 3.63) is 51.2 Å². The minimum Gasteiger partial charge on any atom is -0.392 e. The SMILES string of the molecule is CN(Cc1cccs1)c1ccc(Cl)cc1CO. The Bertz CT molecular complexity index is 484. The van der Waals surface area contributed by atoms with Crippen LogP contribution in [0.2, 0.25) is 5.02 Å². The van der Waals surface area contributed by atoms with Crippen LogP contribution >= 0.6 is 22.9 Å². The summed E-state index contributed by atoms with van der Waals surface area (Å²) >= 11 is 7.65. The topological polar surface area (TPSA) is 23.5 Å². The highest BCUT2D eigenvalue weighted by Gasteiger charge is 2.08. The molecule has 0 atom stereocenters. The lowest BCUT2D eigenvalue weighted by atomic mass is 10.1. The Kier molecular flexibility index (Phi) is 4.05. The van der Waals surface area contributed by atoms with Gasteiger partial charge in [0, 0.05) is 28.2 Å². The van der Waals surface area contributed by atoms with Crippen LogP contribution in [0.25, 0.3) is 0 Å². The van der Waals surface area contributed by atoms with Crippen LogP contribution in [0.3, 0.4) is 0 Å². The van der Waals surface area contributed by atoms with Crippen LogP contribution in [0.5, 0.6) is 0 Å². The molecule has 0 spiro atoms. The van der Waals surface area contributed by atoms with Crippen LogP contribution in [-0.4, -0.2) is 12.2 Å². The van der Waals surface area contributed by atoms with Crippen molar-refractivity contribution in [1.82, 2.24) is 0 Å². The Hall–Kier alpha value is -1.03. The van der Waals surface area contributed by atoms with Crippen molar-refractivity contribution in [2.24, 2.45) is 0 Å². The van der Waals surface area contributed by atoms with E-state index in [1.165, 1.54) is 4.88 Å². The van der Waals surface area contributed by atoms with Gasteiger partial charge in [0.25, 0.3) is 0 Å². The van der Waals surface area contributed by atoms with Gasteiger partial charge < -0.3 is 10.0 Å². The van der Waals surface area contributed by atoms with Crippen LogP contribution in [0.15, 0.2) is 35.7 Å². The van der Waals surface area contributed by atoms with Gasteiger partial charge in [-0.3, -0.25) is 0 Å². The molecule has 0 radical (unpaired) electrons. The first-order chi connectivity index (χ1) is 8.20. The summed E-state index contributed by atoms with van der Waals surface area (Å²) in [5.74, 6) is 0. The number of benzene rings is 1. The van der Waals surface area contributed by atoms with Crippen LogP contribution < -0.4 is 4.90 Å². The first kappa shape index (κ1) is 12.4. The molecule has 17 heavy (non-hydrogen) atoms. The van der Waals surface area contributed by atoms with E-state index in [4.69, 9.17) is 11.6 Å². The quantitative estimate of drug-likeness (QED) is 0.916. The number of nitrogens with zero attached hydrogens (tertiary/aromatic N) is 1. The molecular formula is C13H14ClNOS. The van der Waals surface area contributed by atoms with E-state index in [1.807, 2.05) is 31.3 Å². The lowest BCUT2D eigenvalue weighted by Crippen LogP contribution is -2.17. The third kappa shape index (κ3) is 3.00. The predicted molar refractivity (Wildman–Crippen MR) is 73.8 cm³/mol. The summed E-state index contributed by atoms with van der Waals surface area (Å²) in [7, 11) is 2.02. The van der Waals surface area contributed by atoms with E-state index in [2.05, 4.69) is 16.3 Å². The molecule has 0 unspecified atom stereocenters. The molecule has 0 saturated heterocycles. The van der Waals surface area contributed by atoms with E-state index in [-0.39, 0.29) is 6.61 Å². The second-order valence-corrected chi connectivity index (χ2v) is 5.34. The first-order valence-electron chi connectivity index (χ1n) is 5.33. The maximum atomic E-state index is 9.34. The second kappa shape index (κ2) is 5.54. The van der Waals surface area contributed by atoms with Crippen molar-refractivity contribution in [3.8, 4) is 0 Å². The fraction of sp³-hybridized carbons (Fsp3) is 0.231. The maximum absolute atomic E-state index is 9.34. The van der Waals surface area contributed by atoms with Crippen molar-refractivity contribution < 1.29 is 5.11 Å². The first-order valence-corrected chi connectivity index (χ1v) is 6.59. The van der Waals surface area contributed by atoms with Gasteiger partial charge in [0.05, 0.1) is 13.2 Å². The molecule has 1 N–H and O–H groups in total. The molecule has 0 fully saturated rings. The van der Waals surface area contributed by atoms with Gasteiger partial charge in [-0.05, 0) is 29.6 Å². The Morgan fingerprint density at radius 3 is 2.82 bits per heavy atom. The molecule has 2 nitrogen and oxygen atoms in total. The Labute approximate surface area is 110 Å². The second-order valence-electron chi connectivity index (χ2n) is 3.87. The largest absolute Gasteiger partial charge is 0.392 e. The van der Waals surface area contributed by atoms with E-state index in [0.29, 0.717) is 5.02 Å². The van der Waals surface area contributed by atoms with Crippen LogP contribution in [0.1, 0.15) is 10.4 Å². The van der Waals surface area contributed by atoms with Gasteiger partial charge in [0.15, 0.2) is 0 Å². The summed E-state index contributed by atoms with van der Waals surface area (Å²) < 4.78 is 0. The number of hydrogen-bond acceptors (Lipinski definition) is 3. The summed E-state index contributed by atoms with van der Waals surface area (Å²) in [6, 6.07) is 9.75. The molecule has 0 bridgehead atoms. The minimum atomic E-state index is 0.00464. The molecule has 0 aliphatic heterocycles. The summed E-state index contributed by atoms with van der Waals surface area (Å²) in [5, 5.41) is 12.1. The summed E-state index contributed by atoms with van der Waals surface area (Å²) in [5.41, 5.74) is 1.88. The summed E-state index contributed by atoms with van der Waals surface area (Å²) in [4.78, 5) is 3.42. The lowest BCUT2D eigenvalue weighted by molar-refractivity contribution is 0.282. The third-order valence-corrected chi connectivity index (χ3v) is 3.69. The summed E-state index contributed by atoms with van der Waals surface area (Å²) in [6.45, 7) is 0.844. The standard InChI is InChI=1S/C13H14ClNOS/c1-15(8-12-3-2-6-17-12)13-5-4-11(14)7-10(13)9-16/h2-7,16H,8-9H2,1H3. The average Bonchev–Trinajstić information content (AvgIpc) is 2.81. The van der Waals surface area contributed by atoms with Crippen molar-refractivity contribution in [2.45, 2.75) is 13.2 Å². The normalized spacial score (nSPS) is 10.5. The average molecular weight is 268 g/mol. The zero-order chi connectivity index (χ0) is 12.3. The smallest absolute Gasteiger partial charge is 0.0702 e. The number of halogens is 1. The minimum absolute atomic E-state index is 0.00464. The van der Waals surface area contributed by atoms with E-state index in [0.717, 1.165) is 17.8 Å². The highest BCUT2D eigenvalue weighted by molar-refractivity contribution is 7.09. The Balaban J connectivity index is 2.21. The number of aliphatic hydroxyl groups excluding tert-OH is 1. The molecule has 4 heteroatoms. The number of aliphatic hydroxyl groups is 1. The van der Waals surface area contributed by atoms with Crippen LogP contribution in [0.4, 0.5) is 5.69 Å². The van der Waals surface area contributed by atoms with Crippen molar-refractivity contribution >= 4 is 28.6 Å². The van der Waals surface area contributed by atoms with Crippen molar-refractivity contribution in [3.63, 3.8) is 0 Å². The Morgan fingerprint density at radius 2 is 2.18 bits per heavy atom. The van der Waals surface area contributed by atoms with E-state index in [1.54, 1.807) is 11.3 Å². The van der Waals surface area contributed by atoms with E-state index < -0.39 is 0 Å². The molecule has 1 heterocycles. The van der Waals surface area contributed by atoms with Crippen molar-refractivity contribution in [1.29, 1.82) is 0 Å². The van der Waals surface area contributed by atoms with E-state index in [9.17, 15) is 5.11 Å². The van der Waals surface area contributed by atoms with Crippen LogP contribution in [-0.2, 0) is 13.2 Å². The molecule has 2 rings (SSSR count). The number of thiophene rings is 1. The molecule has 0 aliphatic rings. The van der Waals surface area contributed by atoms with Gasteiger partial charge in [-0.2, -0.15) is 0 Å². The molecular weight excluding hydrogens is 254 g/mol. The van der Waals surface area contributed by atoms with Crippen LogP contribution in [0, 0.1) is 0 Å². The fourth-order valence-electron chi connectivity index (χ4n) is 1.77. The fourth-order valence-corrected chi connectivity index (χ4v) is 2.73. The number of hydrogen-bond donors (Lipinski definition) is 1. The Morgan fingerprint density at radius 1 is 1.35 bits per heavy atom. The molecule has 90 valence electrons. The number of rotatable bonds is 4. The van der Waals surface area contributed by atoms with Gasteiger partial charge in [0.1, 0.15) is 0 Å². The molecule has 1 aromatic heterocycles. The number of anilines is 1. The molecule has 0 saturated carbocycles. The molecule has 2 aromatic rings. The molecule has 1 aromatic carbocycles. The highest BCUT2D eigenvalue weighted by Crippen LogP contribution is 2.25. The van der Waals surface area contributed by atoms with Gasteiger partial charge in [0.2, 0.25) is 0 Å². The monoisotopic (exact) mass is 267 g/mol. The predicted octanol–water partition coefficient (Wildman–Crippen LogP) is 3.53. The lowest BCUT2D eigenvalue weighted by Gasteiger charge is -2.21. The van der Waals surface area contributed by atoms with Crippen molar-refractivity contribution in [2.75, 3.05) is 11.9 Å². The highest BCUT2D eigenvalue weighted by atomic mass is 35.5. The van der Waals surface area contributed by atoms with Gasteiger partial charge in [-0.15, -0.1) is 11.3 Å². The zero-order valence-corrected chi connectivity index (χ0v) is 11.1. The van der Waals surface area contributed by atoms with Gasteiger partial charge in [-0.1, -0.05) is 17.7 Å². The molecule has 0 amide bonds. The van der Waals surface area contributed by atoms with E-state index >= 15 is 0 Å². The zero-order valence-electron chi connectivity index (χ0n) is 9.56. The maximum Gasteiger partial charge on any atom is 0.0702 e. The molecule has 0 aliphatic carbocycles.